The highest BCUT2D eigenvalue weighted by atomic mass is 32.2. The summed E-state index contributed by atoms with van der Waals surface area (Å²) < 4.78 is 24.8. The number of aryl methyl sites for hydroxylation is 1. The molecule has 0 atom stereocenters. The van der Waals surface area contributed by atoms with Gasteiger partial charge in [-0.25, -0.2) is 13.4 Å². The van der Waals surface area contributed by atoms with Crippen LogP contribution >= 0.6 is 0 Å². The number of rotatable bonds is 3. The van der Waals surface area contributed by atoms with Crippen LogP contribution in [0.2, 0.25) is 0 Å². The fourth-order valence-corrected chi connectivity index (χ4v) is 3.28. The monoisotopic (exact) mass is 302 g/mol. The van der Waals surface area contributed by atoms with E-state index in [2.05, 4.69) is 15.0 Å². The Kier molecular flexibility index (Phi) is 3.13. The van der Waals surface area contributed by atoms with Crippen molar-refractivity contribution in [3.63, 3.8) is 0 Å². The Bertz CT molecular complexity index is 916. The Labute approximate surface area is 122 Å². The van der Waals surface area contributed by atoms with Gasteiger partial charge in [-0.05, 0) is 37.3 Å². The maximum Gasteiger partial charge on any atom is 0.226 e. The van der Waals surface area contributed by atoms with Gasteiger partial charge in [0.05, 0.1) is 16.7 Å². The van der Waals surface area contributed by atoms with E-state index >= 15 is 0 Å². The molecule has 0 unspecified atom stereocenters. The van der Waals surface area contributed by atoms with Crippen LogP contribution in [-0.4, -0.2) is 23.4 Å². The summed E-state index contributed by atoms with van der Waals surface area (Å²) in [6, 6.07) is 10.3. The fraction of sp³-hybridized carbons (Fsp3) is 0.143. The summed E-state index contributed by atoms with van der Waals surface area (Å²) >= 11 is 0. The van der Waals surface area contributed by atoms with Crippen molar-refractivity contribution < 1.29 is 8.42 Å². The number of nitrogen functional groups attached to an aromatic ring is 1. The summed E-state index contributed by atoms with van der Waals surface area (Å²) in [4.78, 5) is 11.1. The first-order valence-electron chi connectivity index (χ1n) is 6.34. The molecule has 3 N–H and O–H groups in total. The van der Waals surface area contributed by atoms with Gasteiger partial charge in [0.2, 0.25) is 15.0 Å². The second kappa shape index (κ2) is 4.85. The number of anilines is 1. The quantitative estimate of drug-likeness (QED) is 0.719. The van der Waals surface area contributed by atoms with Gasteiger partial charge in [-0.3, -0.25) is 4.98 Å². The Morgan fingerprint density at radius 3 is 2.76 bits per heavy atom. The number of benzene rings is 1. The molecule has 0 saturated carbocycles. The first kappa shape index (κ1) is 13.6. The average molecular weight is 302 g/mol. The van der Waals surface area contributed by atoms with Crippen molar-refractivity contribution in [2.45, 2.75) is 17.8 Å². The largest absolute Gasteiger partial charge is 0.399 e. The fourth-order valence-electron chi connectivity index (χ4n) is 2.09. The summed E-state index contributed by atoms with van der Waals surface area (Å²) in [5.74, 6) is -0.190. The van der Waals surface area contributed by atoms with Crippen LogP contribution in [0.1, 0.15) is 11.4 Å². The lowest BCUT2D eigenvalue weighted by atomic mass is 10.3. The van der Waals surface area contributed by atoms with Gasteiger partial charge in [0.1, 0.15) is 5.75 Å². The standard InChI is InChI=1S/C14H14N4O2S/c1-9-3-2-4-11(16-9)8-21(19,20)14-17-12-6-5-10(15)7-13(12)18-14/h2-7H,8,15H2,1H3,(H,17,18). The molecule has 0 aliphatic heterocycles. The SMILES string of the molecule is Cc1cccc(CS(=O)(=O)c2nc3ccc(N)cc3[nH]2)n1. The molecule has 0 aliphatic carbocycles. The van der Waals surface area contributed by atoms with Gasteiger partial charge >= 0.3 is 0 Å². The Morgan fingerprint density at radius 1 is 1.19 bits per heavy atom. The highest BCUT2D eigenvalue weighted by Gasteiger charge is 2.20. The van der Waals surface area contributed by atoms with Crippen LogP contribution in [-0.2, 0) is 15.6 Å². The Hall–Kier alpha value is -2.41. The van der Waals surface area contributed by atoms with Crippen LogP contribution in [0.15, 0.2) is 41.6 Å². The number of H-pyrrole nitrogens is 1. The number of imidazole rings is 1. The molecule has 7 heteroatoms. The number of nitrogens with two attached hydrogens (primary N) is 1. The van der Waals surface area contributed by atoms with Crippen molar-refractivity contribution in [1.82, 2.24) is 15.0 Å². The van der Waals surface area contributed by atoms with E-state index in [4.69, 9.17) is 5.73 Å². The van der Waals surface area contributed by atoms with Crippen LogP contribution in [0.3, 0.4) is 0 Å². The zero-order valence-corrected chi connectivity index (χ0v) is 12.2. The molecule has 0 fully saturated rings. The maximum atomic E-state index is 12.4. The molecule has 2 aromatic heterocycles. The van der Waals surface area contributed by atoms with Gasteiger partial charge < -0.3 is 10.7 Å². The second-order valence-corrected chi connectivity index (χ2v) is 6.75. The van der Waals surface area contributed by atoms with Gasteiger partial charge in [0.25, 0.3) is 0 Å². The normalized spacial score (nSPS) is 11.9. The second-order valence-electron chi connectivity index (χ2n) is 4.85. The zero-order valence-electron chi connectivity index (χ0n) is 11.4. The maximum absolute atomic E-state index is 12.4. The Balaban J connectivity index is 2.00. The van der Waals surface area contributed by atoms with Gasteiger partial charge in [-0.2, -0.15) is 0 Å². The van der Waals surface area contributed by atoms with Crippen molar-refractivity contribution in [2.24, 2.45) is 0 Å². The van der Waals surface area contributed by atoms with E-state index in [0.29, 0.717) is 22.4 Å². The minimum atomic E-state index is -3.57. The van der Waals surface area contributed by atoms with Crippen LogP contribution in [0, 0.1) is 6.92 Å². The molecule has 21 heavy (non-hydrogen) atoms. The summed E-state index contributed by atoms with van der Waals surface area (Å²) in [7, 11) is -3.57. The number of nitrogens with zero attached hydrogens (tertiary/aromatic N) is 2. The zero-order chi connectivity index (χ0) is 15.0. The third kappa shape index (κ3) is 2.73. The lowest BCUT2D eigenvalue weighted by Crippen LogP contribution is -2.08. The summed E-state index contributed by atoms with van der Waals surface area (Å²) in [5.41, 5.74) is 8.67. The lowest BCUT2D eigenvalue weighted by molar-refractivity contribution is 0.587. The predicted octanol–water partition coefficient (Wildman–Crippen LogP) is 1.82. The molecule has 2 heterocycles. The van der Waals surface area contributed by atoms with Crippen LogP contribution < -0.4 is 5.73 Å². The first-order chi connectivity index (χ1) is 9.94. The summed E-state index contributed by atoms with van der Waals surface area (Å²) in [5, 5.41) is -0.0635. The molecule has 0 aliphatic rings. The highest BCUT2D eigenvalue weighted by molar-refractivity contribution is 7.90. The molecule has 1 aromatic carbocycles. The number of fused-ring (bicyclic) bond motifs is 1. The molecule has 0 saturated heterocycles. The molecule has 6 nitrogen and oxygen atoms in total. The van der Waals surface area contributed by atoms with Crippen molar-refractivity contribution in [3.8, 4) is 0 Å². The third-order valence-electron chi connectivity index (χ3n) is 3.06. The van der Waals surface area contributed by atoms with Gasteiger partial charge in [-0.1, -0.05) is 6.07 Å². The minimum Gasteiger partial charge on any atom is -0.399 e. The number of nitrogens with one attached hydrogen (secondary N) is 1. The van der Waals surface area contributed by atoms with Crippen LogP contribution in [0.25, 0.3) is 11.0 Å². The van der Waals surface area contributed by atoms with Crippen molar-refractivity contribution in [3.05, 3.63) is 47.8 Å². The summed E-state index contributed by atoms with van der Waals surface area (Å²) in [6.07, 6.45) is 0. The molecule has 0 spiro atoms. The number of hydrogen-bond donors (Lipinski definition) is 2. The third-order valence-corrected chi connectivity index (χ3v) is 4.52. The topological polar surface area (TPSA) is 102 Å². The van der Waals surface area contributed by atoms with Crippen LogP contribution in [0.4, 0.5) is 5.69 Å². The molecule has 3 aromatic rings. The number of pyridine rings is 1. The molecule has 0 radical (unpaired) electrons. The van der Waals surface area contributed by atoms with Crippen molar-refractivity contribution in [1.29, 1.82) is 0 Å². The Morgan fingerprint density at radius 2 is 2.00 bits per heavy atom. The number of aromatic amines is 1. The summed E-state index contributed by atoms with van der Waals surface area (Å²) in [6.45, 7) is 1.82. The molecular weight excluding hydrogens is 288 g/mol. The van der Waals surface area contributed by atoms with E-state index < -0.39 is 9.84 Å². The van der Waals surface area contributed by atoms with Crippen LogP contribution in [0.5, 0.6) is 0 Å². The van der Waals surface area contributed by atoms with Gasteiger partial charge in [0.15, 0.2) is 0 Å². The van der Waals surface area contributed by atoms with E-state index in [0.717, 1.165) is 5.69 Å². The molecule has 108 valence electrons. The average Bonchev–Trinajstić information content (AvgIpc) is 2.82. The smallest absolute Gasteiger partial charge is 0.226 e. The molecule has 0 bridgehead atoms. The van der Waals surface area contributed by atoms with E-state index in [1.807, 2.05) is 13.0 Å². The number of sulfone groups is 1. The van der Waals surface area contributed by atoms with E-state index in [1.54, 1.807) is 30.3 Å². The first-order valence-corrected chi connectivity index (χ1v) is 8.00. The molecule has 0 amide bonds. The van der Waals surface area contributed by atoms with Gasteiger partial charge in [-0.15, -0.1) is 0 Å². The van der Waals surface area contributed by atoms with Crippen molar-refractivity contribution in [2.75, 3.05) is 5.73 Å². The molecule has 3 rings (SSSR count). The van der Waals surface area contributed by atoms with E-state index in [9.17, 15) is 8.42 Å². The molecular formula is C14H14N4O2S. The minimum absolute atomic E-state index is 0.0635. The highest BCUT2D eigenvalue weighted by Crippen LogP contribution is 2.19. The van der Waals surface area contributed by atoms with E-state index in [1.165, 1.54) is 0 Å². The predicted molar refractivity (Wildman–Crippen MR) is 80.4 cm³/mol. The van der Waals surface area contributed by atoms with Crippen molar-refractivity contribution >= 4 is 26.6 Å². The van der Waals surface area contributed by atoms with Gasteiger partial charge in [0, 0.05) is 11.4 Å². The van der Waals surface area contributed by atoms with E-state index in [-0.39, 0.29) is 10.9 Å². The number of hydrogen-bond acceptors (Lipinski definition) is 5. The lowest BCUT2D eigenvalue weighted by Gasteiger charge is -2.01. The number of aromatic nitrogens is 3.